The van der Waals surface area contributed by atoms with E-state index in [9.17, 15) is 19.2 Å². The van der Waals surface area contributed by atoms with Crippen molar-refractivity contribution in [2.45, 2.75) is 25.7 Å². The van der Waals surface area contributed by atoms with Gasteiger partial charge in [-0.25, -0.2) is 5.01 Å². The number of hydrazine groups is 1. The zero-order chi connectivity index (χ0) is 23.0. The molecule has 2 fully saturated rings. The molecule has 2 aromatic carbocycles. The predicted octanol–water partition coefficient (Wildman–Crippen LogP) is 5.06. The second-order valence-corrected chi connectivity index (χ2v) is 9.16. The predicted molar refractivity (Wildman–Crippen MR) is 121 cm³/mol. The number of nitrogens with zero attached hydrogens (tertiary/aromatic N) is 2. The Labute approximate surface area is 200 Å². The minimum absolute atomic E-state index is 0.110. The van der Waals surface area contributed by atoms with Crippen molar-refractivity contribution in [3.63, 3.8) is 0 Å². The summed E-state index contributed by atoms with van der Waals surface area (Å²) in [6.07, 6.45) is 2.87. The van der Waals surface area contributed by atoms with E-state index in [1.54, 1.807) is 12.1 Å². The Kier molecular flexibility index (Phi) is 6.56. The van der Waals surface area contributed by atoms with E-state index in [0.717, 1.165) is 22.9 Å². The molecule has 2 atom stereocenters. The highest BCUT2D eigenvalue weighted by molar-refractivity contribution is 6.42. The summed E-state index contributed by atoms with van der Waals surface area (Å²) < 4.78 is 0. The molecular weight excluding hydrogens is 475 g/mol. The fraction of sp³-hybridized carbons (Fsp3) is 0.304. The van der Waals surface area contributed by atoms with Crippen LogP contribution < -0.4 is 0 Å². The van der Waals surface area contributed by atoms with Crippen LogP contribution in [0, 0.1) is 11.8 Å². The number of benzene rings is 2. The summed E-state index contributed by atoms with van der Waals surface area (Å²) in [5.41, 5.74) is 0.414. The minimum Gasteiger partial charge on any atom is -0.292 e. The van der Waals surface area contributed by atoms with Crippen LogP contribution in [0.4, 0.5) is 0 Å². The molecule has 9 heteroatoms. The number of rotatable bonds is 5. The summed E-state index contributed by atoms with van der Waals surface area (Å²) in [6.45, 7) is -0.488. The number of Topliss-reactive ketones (excluding diaryl/α,β-unsaturated/α-hetero) is 1. The number of imide groups is 1. The molecule has 6 nitrogen and oxygen atoms in total. The Morgan fingerprint density at radius 3 is 1.97 bits per heavy atom. The Bertz CT molecular complexity index is 1080. The number of carbonyl (C=O) groups is 4. The smallest absolute Gasteiger partial charge is 0.273 e. The van der Waals surface area contributed by atoms with Gasteiger partial charge in [-0.05, 0) is 55.3 Å². The first kappa shape index (κ1) is 22.8. The first-order valence-electron chi connectivity index (χ1n) is 10.2. The van der Waals surface area contributed by atoms with Crippen LogP contribution in [0.2, 0.25) is 15.1 Å². The van der Waals surface area contributed by atoms with Crippen LogP contribution in [0.25, 0.3) is 0 Å². The summed E-state index contributed by atoms with van der Waals surface area (Å²) in [4.78, 5) is 52.7. The Balaban J connectivity index is 1.70. The molecule has 0 bridgehead atoms. The largest absolute Gasteiger partial charge is 0.292 e. The van der Waals surface area contributed by atoms with Crippen molar-refractivity contribution in [2.24, 2.45) is 11.8 Å². The second kappa shape index (κ2) is 9.22. The molecule has 1 saturated heterocycles. The van der Waals surface area contributed by atoms with Crippen molar-refractivity contribution < 1.29 is 19.2 Å². The van der Waals surface area contributed by atoms with Crippen molar-refractivity contribution in [1.82, 2.24) is 10.0 Å². The molecule has 1 aliphatic heterocycles. The van der Waals surface area contributed by atoms with Crippen molar-refractivity contribution >= 4 is 58.3 Å². The summed E-state index contributed by atoms with van der Waals surface area (Å²) in [5, 5.41) is 2.65. The van der Waals surface area contributed by atoms with Crippen molar-refractivity contribution in [3.05, 3.63) is 68.7 Å². The first-order chi connectivity index (χ1) is 15.3. The van der Waals surface area contributed by atoms with Gasteiger partial charge in [0.15, 0.2) is 5.78 Å². The van der Waals surface area contributed by atoms with E-state index in [4.69, 9.17) is 34.8 Å². The third kappa shape index (κ3) is 4.27. The lowest BCUT2D eigenvalue weighted by molar-refractivity contribution is -0.154. The van der Waals surface area contributed by atoms with Crippen LogP contribution in [0.5, 0.6) is 0 Å². The maximum absolute atomic E-state index is 13.4. The molecule has 3 amide bonds. The highest BCUT2D eigenvalue weighted by atomic mass is 35.5. The van der Waals surface area contributed by atoms with Crippen molar-refractivity contribution in [1.29, 1.82) is 0 Å². The number of ketones is 1. The van der Waals surface area contributed by atoms with Gasteiger partial charge in [-0.15, -0.1) is 0 Å². The number of hydrogen-bond acceptors (Lipinski definition) is 4. The van der Waals surface area contributed by atoms with Gasteiger partial charge in [0, 0.05) is 16.1 Å². The second-order valence-electron chi connectivity index (χ2n) is 7.91. The molecule has 1 heterocycles. The molecule has 4 rings (SSSR count). The maximum atomic E-state index is 13.4. The maximum Gasteiger partial charge on any atom is 0.273 e. The molecule has 1 saturated carbocycles. The van der Waals surface area contributed by atoms with E-state index in [0.29, 0.717) is 23.4 Å². The molecule has 0 aromatic heterocycles. The van der Waals surface area contributed by atoms with Gasteiger partial charge in [0.25, 0.3) is 17.7 Å². The average Bonchev–Trinajstić information content (AvgIpc) is 3.04. The topological polar surface area (TPSA) is 74.8 Å². The lowest BCUT2D eigenvalue weighted by Gasteiger charge is -2.30. The monoisotopic (exact) mass is 492 g/mol. The van der Waals surface area contributed by atoms with Gasteiger partial charge in [-0.3, -0.25) is 19.2 Å². The van der Waals surface area contributed by atoms with Crippen LogP contribution in [0.15, 0.2) is 42.5 Å². The SMILES string of the molecule is O=C(CN(C(=O)c1ccc(Cl)c(Cl)c1)N1C(=O)[C@H]2CCCC[C@H]2C1=O)c1ccc(Cl)cc1. The number of amides is 3. The van der Waals surface area contributed by atoms with E-state index in [-0.39, 0.29) is 15.6 Å². The van der Waals surface area contributed by atoms with Crippen LogP contribution >= 0.6 is 34.8 Å². The molecule has 2 aliphatic rings. The van der Waals surface area contributed by atoms with E-state index in [1.165, 1.54) is 30.3 Å². The summed E-state index contributed by atoms with van der Waals surface area (Å²) in [5.74, 6) is -2.96. The highest BCUT2D eigenvalue weighted by Crippen LogP contribution is 2.39. The zero-order valence-corrected chi connectivity index (χ0v) is 19.2. The van der Waals surface area contributed by atoms with Gasteiger partial charge < -0.3 is 0 Å². The fourth-order valence-electron chi connectivity index (χ4n) is 4.26. The third-order valence-corrected chi connectivity index (χ3v) is 6.91. The van der Waals surface area contributed by atoms with Crippen LogP contribution in [0.1, 0.15) is 46.4 Å². The highest BCUT2D eigenvalue weighted by Gasteiger charge is 2.51. The lowest BCUT2D eigenvalue weighted by Crippen LogP contribution is -2.52. The standard InChI is InChI=1S/C23H19Cl3N2O4/c24-15-8-5-13(6-9-15)20(29)12-27(21(30)14-7-10-18(25)19(26)11-14)28-22(31)16-3-1-2-4-17(16)23(28)32/h5-11,16-17H,1-4,12H2/t16-,17+. The van der Waals surface area contributed by atoms with Gasteiger partial charge in [0.1, 0.15) is 6.54 Å². The molecule has 1 aliphatic carbocycles. The molecular formula is C23H19Cl3N2O4. The average molecular weight is 494 g/mol. The van der Waals surface area contributed by atoms with Crippen LogP contribution in [-0.4, -0.2) is 40.1 Å². The summed E-state index contributed by atoms with van der Waals surface area (Å²) >= 11 is 17.9. The van der Waals surface area contributed by atoms with Gasteiger partial charge >= 0.3 is 0 Å². The minimum atomic E-state index is -0.689. The zero-order valence-electron chi connectivity index (χ0n) is 16.9. The number of halogens is 3. The fourth-order valence-corrected chi connectivity index (χ4v) is 4.68. The van der Waals surface area contributed by atoms with Gasteiger partial charge in [0.05, 0.1) is 21.9 Å². The summed E-state index contributed by atoms with van der Waals surface area (Å²) in [6, 6.07) is 10.4. The molecule has 32 heavy (non-hydrogen) atoms. The van der Waals surface area contributed by atoms with Crippen LogP contribution in [0.3, 0.4) is 0 Å². The van der Waals surface area contributed by atoms with Crippen molar-refractivity contribution in [3.8, 4) is 0 Å². The van der Waals surface area contributed by atoms with Crippen molar-refractivity contribution in [2.75, 3.05) is 6.54 Å². The van der Waals surface area contributed by atoms with E-state index in [1.807, 2.05) is 0 Å². The molecule has 0 unspecified atom stereocenters. The normalized spacial score (nSPS) is 20.3. The number of fused-ring (bicyclic) bond motifs is 1. The first-order valence-corrected chi connectivity index (χ1v) is 11.3. The van der Waals surface area contributed by atoms with Gasteiger partial charge in [-0.2, -0.15) is 5.01 Å². The molecule has 0 spiro atoms. The Morgan fingerprint density at radius 2 is 1.41 bits per heavy atom. The Hall–Kier alpha value is -2.41. The van der Waals surface area contributed by atoms with E-state index < -0.39 is 41.9 Å². The van der Waals surface area contributed by atoms with Crippen LogP contribution in [-0.2, 0) is 9.59 Å². The van der Waals surface area contributed by atoms with Gasteiger partial charge in [-0.1, -0.05) is 47.6 Å². The van der Waals surface area contributed by atoms with E-state index >= 15 is 0 Å². The lowest BCUT2D eigenvalue weighted by atomic mass is 9.81. The molecule has 166 valence electrons. The number of carbonyl (C=O) groups excluding carboxylic acids is 4. The Morgan fingerprint density at radius 1 is 0.844 bits per heavy atom. The molecule has 0 radical (unpaired) electrons. The number of hydrogen-bond donors (Lipinski definition) is 0. The molecule has 2 aromatic rings. The summed E-state index contributed by atoms with van der Waals surface area (Å²) in [7, 11) is 0. The van der Waals surface area contributed by atoms with Gasteiger partial charge in [0.2, 0.25) is 0 Å². The quantitative estimate of drug-likeness (QED) is 0.431. The molecule has 0 N–H and O–H groups in total. The third-order valence-electron chi connectivity index (χ3n) is 5.92. The van der Waals surface area contributed by atoms with E-state index in [2.05, 4.69) is 0 Å².